The van der Waals surface area contributed by atoms with Crippen molar-refractivity contribution in [1.29, 1.82) is 0 Å². The lowest BCUT2D eigenvalue weighted by atomic mass is 10.3. The summed E-state index contributed by atoms with van der Waals surface area (Å²) in [4.78, 5) is 16.1. The molecule has 0 saturated heterocycles. The average molecular weight is 283 g/mol. The van der Waals surface area contributed by atoms with Gasteiger partial charge in [-0.2, -0.15) is 0 Å². The van der Waals surface area contributed by atoms with E-state index in [1.165, 1.54) is 22.7 Å². The molecule has 0 saturated carbocycles. The van der Waals surface area contributed by atoms with Crippen LogP contribution in [0.3, 0.4) is 0 Å². The van der Waals surface area contributed by atoms with Crippen LogP contribution in [0.1, 0.15) is 34.7 Å². The van der Waals surface area contributed by atoms with Gasteiger partial charge in [-0.25, -0.2) is 4.98 Å². The van der Waals surface area contributed by atoms with Gasteiger partial charge in [0.2, 0.25) is 10.1 Å². The first-order chi connectivity index (χ1) is 8.70. The fourth-order valence-corrected chi connectivity index (χ4v) is 2.67. The predicted octanol–water partition coefficient (Wildman–Crippen LogP) is 1.92. The monoisotopic (exact) mass is 283 g/mol. The quantitative estimate of drug-likeness (QED) is 0.876. The lowest BCUT2D eigenvalue weighted by Crippen LogP contribution is -2.26. The summed E-state index contributed by atoms with van der Waals surface area (Å²) in [5, 5.41) is 17.4. The SMILES string of the molecule is CCNc1nnc(C(=O)NC(C)c2nccs2)s1. The lowest BCUT2D eigenvalue weighted by molar-refractivity contribution is 0.0938. The summed E-state index contributed by atoms with van der Waals surface area (Å²) in [6, 6.07) is -0.121. The summed E-state index contributed by atoms with van der Waals surface area (Å²) in [6.45, 7) is 4.61. The summed E-state index contributed by atoms with van der Waals surface area (Å²) in [5.41, 5.74) is 0. The van der Waals surface area contributed by atoms with Crippen LogP contribution in [0.4, 0.5) is 5.13 Å². The minimum atomic E-state index is -0.223. The first kappa shape index (κ1) is 12.9. The van der Waals surface area contributed by atoms with Crippen LogP contribution in [0.2, 0.25) is 0 Å². The summed E-state index contributed by atoms with van der Waals surface area (Å²) in [5.74, 6) is -0.223. The molecule has 0 aliphatic carbocycles. The first-order valence-corrected chi connectivity index (χ1v) is 7.18. The van der Waals surface area contributed by atoms with E-state index < -0.39 is 0 Å². The van der Waals surface area contributed by atoms with Crippen LogP contribution in [0, 0.1) is 0 Å². The zero-order valence-electron chi connectivity index (χ0n) is 10.0. The molecular formula is C10H13N5OS2. The van der Waals surface area contributed by atoms with Crippen molar-refractivity contribution in [3.05, 3.63) is 21.6 Å². The number of rotatable bonds is 5. The molecule has 0 bridgehead atoms. The molecule has 1 unspecified atom stereocenters. The number of amides is 1. The van der Waals surface area contributed by atoms with Crippen molar-refractivity contribution < 1.29 is 4.79 Å². The lowest BCUT2D eigenvalue weighted by Gasteiger charge is -2.08. The number of hydrogen-bond donors (Lipinski definition) is 2. The summed E-state index contributed by atoms with van der Waals surface area (Å²) < 4.78 is 0. The van der Waals surface area contributed by atoms with Gasteiger partial charge in [0.05, 0.1) is 6.04 Å². The molecule has 0 spiro atoms. The maximum Gasteiger partial charge on any atom is 0.282 e. The highest BCUT2D eigenvalue weighted by molar-refractivity contribution is 7.17. The van der Waals surface area contributed by atoms with Crippen molar-refractivity contribution in [2.24, 2.45) is 0 Å². The maximum atomic E-state index is 11.9. The number of carbonyl (C=O) groups is 1. The highest BCUT2D eigenvalue weighted by atomic mass is 32.1. The van der Waals surface area contributed by atoms with E-state index >= 15 is 0 Å². The van der Waals surface area contributed by atoms with Crippen molar-refractivity contribution in [3.63, 3.8) is 0 Å². The molecule has 2 aromatic heterocycles. The minimum absolute atomic E-state index is 0.121. The van der Waals surface area contributed by atoms with Crippen LogP contribution in [0.25, 0.3) is 0 Å². The van der Waals surface area contributed by atoms with Crippen molar-refractivity contribution in [1.82, 2.24) is 20.5 Å². The van der Waals surface area contributed by atoms with Gasteiger partial charge in [-0.05, 0) is 13.8 Å². The number of carbonyl (C=O) groups excluding carboxylic acids is 1. The first-order valence-electron chi connectivity index (χ1n) is 5.48. The van der Waals surface area contributed by atoms with Crippen molar-refractivity contribution in [2.75, 3.05) is 11.9 Å². The third-order valence-electron chi connectivity index (χ3n) is 2.12. The van der Waals surface area contributed by atoms with Gasteiger partial charge in [-0.1, -0.05) is 11.3 Å². The molecule has 1 amide bonds. The summed E-state index contributed by atoms with van der Waals surface area (Å²) >= 11 is 2.75. The Morgan fingerprint density at radius 2 is 2.33 bits per heavy atom. The maximum absolute atomic E-state index is 11.9. The number of hydrogen-bond acceptors (Lipinski definition) is 7. The molecule has 0 aromatic carbocycles. The zero-order chi connectivity index (χ0) is 13.0. The summed E-state index contributed by atoms with van der Waals surface area (Å²) in [6.07, 6.45) is 1.72. The fraction of sp³-hybridized carbons (Fsp3) is 0.400. The number of aromatic nitrogens is 3. The van der Waals surface area contributed by atoms with Crippen LogP contribution < -0.4 is 10.6 Å². The Hall–Kier alpha value is -1.54. The van der Waals surface area contributed by atoms with Gasteiger partial charge < -0.3 is 10.6 Å². The van der Waals surface area contributed by atoms with E-state index in [9.17, 15) is 4.79 Å². The molecule has 18 heavy (non-hydrogen) atoms. The predicted molar refractivity (Wildman–Crippen MR) is 72.1 cm³/mol. The van der Waals surface area contributed by atoms with Crippen LogP contribution in [-0.4, -0.2) is 27.6 Å². The van der Waals surface area contributed by atoms with Gasteiger partial charge in [0.1, 0.15) is 5.01 Å². The molecule has 96 valence electrons. The largest absolute Gasteiger partial charge is 0.360 e. The van der Waals surface area contributed by atoms with Gasteiger partial charge in [0.15, 0.2) is 0 Å². The molecule has 0 fully saturated rings. The van der Waals surface area contributed by atoms with Gasteiger partial charge in [-0.3, -0.25) is 4.79 Å². The fourth-order valence-electron chi connectivity index (χ4n) is 1.31. The van der Waals surface area contributed by atoms with Gasteiger partial charge in [0.25, 0.3) is 5.91 Å². The van der Waals surface area contributed by atoms with Crippen molar-refractivity contribution >= 4 is 33.7 Å². The molecule has 2 rings (SSSR count). The standard InChI is InChI=1S/C10H13N5OS2/c1-3-11-10-15-14-9(18-10)7(16)13-6(2)8-12-4-5-17-8/h4-6H,3H2,1-2H3,(H,11,15)(H,13,16). The van der Waals surface area contributed by atoms with Crippen LogP contribution >= 0.6 is 22.7 Å². The third kappa shape index (κ3) is 3.02. The Morgan fingerprint density at radius 1 is 1.50 bits per heavy atom. The Morgan fingerprint density at radius 3 is 3.00 bits per heavy atom. The normalized spacial score (nSPS) is 12.1. The zero-order valence-corrected chi connectivity index (χ0v) is 11.6. The van der Waals surface area contributed by atoms with Gasteiger partial charge in [-0.15, -0.1) is 21.5 Å². The van der Waals surface area contributed by atoms with E-state index in [1.807, 2.05) is 19.2 Å². The van der Waals surface area contributed by atoms with Gasteiger partial charge in [0, 0.05) is 18.1 Å². The van der Waals surface area contributed by atoms with E-state index in [4.69, 9.17) is 0 Å². The molecule has 0 aliphatic heterocycles. The van der Waals surface area contributed by atoms with Crippen molar-refractivity contribution in [3.8, 4) is 0 Å². The molecule has 0 radical (unpaired) electrons. The minimum Gasteiger partial charge on any atom is -0.360 e. The molecule has 6 nitrogen and oxygen atoms in total. The van der Waals surface area contributed by atoms with Crippen LogP contribution in [-0.2, 0) is 0 Å². The number of nitrogens with zero attached hydrogens (tertiary/aromatic N) is 3. The molecule has 8 heteroatoms. The molecular weight excluding hydrogens is 270 g/mol. The number of anilines is 1. The molecule has 0 aliphatic rings. The molecule has 1 atom stereocenters. The van der Waals surface area contributed by atoms with Crippen LogP contribution in [0.15, 0.2) is 11.6 Å². The van der Waals surface area contributed by atoms with Gasteiger partial charge >= 0.3 is 0 Å². The second-order valence-electron chi connectivity index (χ2n) is 3.51. The highest BCUT2D eigenvalue weighted by Gasteiger charge is 2.17. The second-order valence-corrected chi connectivity index (χ2v) is 5.41. The van der Waals surface area contributed by atoms with Crippen molar-refractivity contribution in [2.45, 2.75) is 19.9 Å². The Labute approximate surface area is 112 Å². The average Bonchev–Trinajstić information content (AvgIpc) is 3.00. The third-order valence-corrected chi connectivity index (χ3v) is 3.95. The topological polar surface area (TPSA) is 79.8 Å². The highest BCUT2D eigenvalue weighted by Crippen LogP contribution is 2.18. The van der Waals surface area contributed by atoms with E-state index in [1.54, 1.807) is 6.20 Å². The van der Waals surface area contributed by atoms with E-state index in [0.717, 1.165) is 11.6 Å². The Bertz CT molecular complexity index is 510. The summed E-state index contributed by atoms with van der Waals surface area (Å²) in [7, 11) is 0. The van der Waals surface area contributed by atoms with Crippen LogP contribution in [0.5, 0.6) is 0 Å². The Kier molecular flexibility index (Phi) is 4.21. The van der Waals surface area contributed by atoms with E-state index in [2.05, 4.69) is 25.8 Å². The number of thiazole rings is 1. The van der Waals surface area contributed by atoms with E-state index in [-0.39, 0.29) is 11.9 Å². The molecule has 2 aromatic rings. The Balaban J connectivity index is 1.98. The smallest absolute Gasteiger partial charge is 0.282 e. The second kappa shape index (κ2) is 5.87. The molecule has 2 heterocycles. The van der Waals surface area contributed by atoms with E-state index in [0.29, 0.717) is 10.1 Å². The number of nitrogens with one attached hydrogen (secondary N) is 2. The molecule has 2 N–H and O–H groups in total.